The number of nitrogens with zero attached hydrogens (tertiary/aromatic N) is 1. The Morgan fingerprint density at radius 2 is 2.00 bits per heavy atom. The van der Waals surface area contributed by atoms with Crippen LogP contribution in [0.1, 0.15) is 5.56 Å². The lowest BCUT2D eigenvalue weighted by Gasteiger charge is -2.03. The van der Waals surface area contributed by atoms with Crippen molar-refractivity contribution in [3.63, 3.8) is 0 Å². The molecule has 4 nitrogen and oxygen atoms in total. The first kappa shape index (κ1) is 13.6. The SMILES string of the molecule is COc1ccc2cc(/C=C/C(=O)OCC#N)ccc2c1. The Kier molecular flexibility index (Phi) is 4.35. The summed E-state index contributed by atoms with van der Waals surface area (Å²) in [5.74, 6) is 0.280. The number of carbonyl (C=O) groups excluding carboxylic acids is 1. The predicted molar refractivity (Wildman–Crippen MR) is 76.1 cm³/mol. The maximum absolute atomic E-state index is 11.2. The second-order valence-electron chi connectivity index (χ2n) is 4.07. The van der Waals surface area contributed by atoms with Crippen molar-refractivity contribution < 1.29 is 14.3 Å². The second kappa shape index (κ2) is 6.39. The van der Waals surface area contributed by atoms with Gasteiger partial charge in [-0.15, -0.1) is 0 Å². The van der Waals surface area contributed by atoms with Gasteiger partial charge in [-0.3, -0.25) is 0 Å². The van der Waals surface area contributed by atoms with E-state index in [4.69, 9.17) is 10.00 Å². The molecule has 0 aliphatic heterocycles. The summed E-state index contributed by atoms with van der Waals surface area (Å²) in [6.45, 7) is -0.235. The van der Waals surface area contributed by atoms with Crippen molar-refractivity contribution in [2.75, 3.05) is 13.7 Å². The van der Waals surface area contributed by atoms with Crippen LogP contribution in [0.15, 0.2) is 42.5 Å². The molecule has 0 bridgehead atoms. The van der Waals surface area contributed by atoms with Crippen LogP contribution < -0.4 is 4.74 Å². The van der Waals surface area contributed by atoms with Gasteiger partial charge >= 0.3 is 5.97 Å². The van der Waals surface area contributed by atoms with Gasteiger partial charge in [-0.1, -0.05) is 18.2 Å². The molecule has 4 heteroatoms. The molecule has 2 aromatic carbocycles. The van der Waals surface area contributed by atoms with Gasteiger partial charge in [0.1, 0.15) is 11.8 Å². The summed E-state index contributed by atoms with van der Waals surface area (Å²) in [7, 11) is 1.63. The molecule has 2 rings (SSSR count). The zero-order chi connectivity index (χ0) is 14.4. The molecule has 0 radical (unpaired) electrons. The average Bonchev–Trinajstić information content (AvgIpc) is 2.50. The number of rotatable bonds is 4. The highest BCUT2D eigenvalue weighted by Gasteiger charge is 1.99. The largest absolute Gasteiger partial charge is 0.497 e. The van der Waals surface area contributed by atoms with Crippen LogP contribution in [-0.4, -0.2) is 19.7 Å². The molecule has 0 aliphatic rings. The maximum atomic E-state index is 11.2. The van der Waals surface area contributed by atoms with Crippen LogP contribution in [0.3, 0.4) is 0 Å². The van der Waals surface area contributed by atoms with Gasteiger partial charge in [0, 0.05) is 6.08 Å². The molecule has 0 heterocycles. The van der Waals surface area contributed by atoms with E-state index in [2.05, 4.69) is 4.74 Å². The van der Waals surface area contributed by atoms with Crippen LogP contribution in [0, 0.1) is 11.3 Å². The Morgan fingerprint density at radius 3 is 2.75 bits per heavy atom. The first-order valence-electron chi connectivity index (χ1n) is 6.02. The van der Waals surface area contributed by atoms with E-state index in [0.29, 0.717) is 0 Å². The summed E-state index contributed by atoms with van der Waals surface area (Å²) >= 11 is 0. The topological polar surface area (TPSA) is 59.3 Å². The minimum absolute atomic E-state index is 0.235. The molecule has 0 aliphatic carbocycles. The predicted octanol–water partition coefficient (Wildman–Crippen LogP) is 2.93. The van der Waals surface area contributed by atoms with Gasteiger partial charge in [0.25, 0.3) is 0 Å². The Balaban J connectivity index is 2.18. The number of fused-ring (bicyclic) bond motifs is 1. The van der Waals surface area contributed by atoms with Crippen LogP contribution >= 0.6 is 0 Å². The first-order valence-corrected chi connectivity index (χ1v) is 6.02. The zero-order valence-corrected chi connectivity index (χ0v) is 11.0. The Bertz CT molecular complexity index is 698. The highest BCUT2D eigenvalue weighted by atomic mass is 16.5. The van der Waals surface area contributed by atoms with Crippen molar-refractivity contribution in [2.24, 2.45) is 0 Å². The van der Waals surface area contributed by atoms with Crippen molar-refractivity contribution in [1.29, 1.82) is 5.26 Å². The van der Waals surface area contributed by atoms with E-state index in [-0.39, 0.29) is 6.61 Å². The molecule has 0 amide bonds. The summed E-state index contributed by atoms with van der Waals surface area (Å²) in [5, 5.41) is 10.4. The summed E-state index contributed by atoms with van der Waals surface area (Å²) in [6.07, 6.45) is 2.96. The third-order valence-electron chi connectivity index (χ3n) is 2.76. The van der Waals surface area contributed by atoms with Crippen molar-refractivity contribution in [2.45, 2.75) is 0 Å². The van der Waals surface area contributed by atoms with E-state index in [1.54, 1.807) is 19.3 Å². The molecule has 0 N–H and O–H groups in total. The van der Waals surface area contributed by atoms with Gasteiger partial charge in [-0.25, -0.2) is 4.79 Å². The number of ether oxygens (including phenoxy) is 2. The normalized spacial score (nSPS) is 10.4. The summed E-state index contributed by atoms with van der Waals surface area (Å²) in [5.41, 5.74) is 0.886. The van der Waals surface area contributed by atoms with Gasteiger partial charge in [-0.2, -0.15) is 5.26 Å². The fourth-order valence-electron chi connectivity index (χ4n) is 1.79. The standard InChI is InChI=1S/C16H13NO3/c1-19-15-6-5-13-10-12(2-4-14(13)11-15)3-7-16(18)20-9-8-17/h2-7,10-11H,9H2,1H3/b7-3+. The number of esters is 1. The number of benzene rings is 2. The summed E-state index contributed by atoms with van der Waals surface area (Å²) in [6, 6.07) is 13.4. The highest BCUT2D eigenvalue weighted by Crippen LogP contribution is 2.22. The molecular formula is C16H13NO3. The van der Waals surface area contributed by atoms with Gasteiger partial charge < -0.3 is 9.47 Å². The first-order chi connectivity index (χ1) is 9.72. The van der Waals surface area contributed by atoms with Crippen molar-refractivity contribution in [1.82, 2.24) is 0 Å². The van der Waals surface area contributed by atoms with Crippen LogP contribution in [0.4, 0.5) is 0 Å². The highest BCUT2D eigenvalue weighted by molar-refractivity contribution is 5.90. The quantitative estimate of drug-likeness (QED) is 0.631. The second-order valence-corrected chi connectivity index (χ2v) is 4.07. The molecule has 0 saturated carbocycles. The van der Waals surface area contributed by atoms with Crippen molar-refractivity contribution >= 4 is 22.8 Å². The summed E-state index contributed by atoms with van der Waals surface area (Å²) in [4.78, 5) is 11.2. The molecule has 0 unspecified atom stereocenters. The monoisotopic (exact) mass is 267 g/mol. The number of carbonyl (C=O) groups is 1. The molecule has 100 valence electrons. The number of methoxy groups -OCH3 is 1. The van der Waals surface area contributed by atoms with E-state index in [0.717, 1.165) is 22.1 Å². The zero-order valence-electron chi connectivity index (χ0n) is 11.0. The van der Waals surface area contributed by atoms with E-state index in [1.165, 1.54) is 6.08 Å². The number of nitriles is 1. The van der Waals surface area contributed by atoms with Crippen LogP contribution in [0.5, 0.6) is 5.75 Å². The van der Waals surface area contributed by atoms with Gasteiger partial charge in [0.15, 0.2) is 6.61 Å². The third-order valence-corrected chi connectivity index (χ3v) is 2.76. The van der Waals surface area contributed by atoms with Crippen LogP contribution in [-0.2, 0) is 9.53 Å². The van der Waals surface area contributed by atoms with Crippen LogP contribution in [0.25, 0.3) is 16.8 Å². The lowest BCUT2D eigenvalue weighted by atomic mass is 10.1. The Morgan fingerprint density at radius 1 is 1.25 bits per heavy atom. The molecule has 2 aromatic rings. The number of hydrogen-bond donors (Lipinski definition) is 0. The minimum Gasteiger partial charge on any atom is -0.497 e. The third kappa shape index (κ3) is 3.36. The Labute approximate surface area is 116 Å². The lowest BCUT2D eigenvalue weighted by Crippen LogP contribution is -1.99. The van der Waals surface area contributed by atoms with E-state index in [1.807, 2.05) is 36.4 Å². The molecule has 0 aromatic heterocycles. The fourth-order valence-corrected chi connectivity index (χ4v) is 1.79. The molecule has 0 spiro atoms. The van der Waals surface area contributed by atoms with E-state index >= 15 is 0 Å². The molecular weight excluding hydrogens is 254 g/mol. The van der Waals surface area contributed by atoms with Crippen molar-refractivity contribution in [3.05, 3.63) is 48.0 Å². The molecule has 0 atom stereocenters. The minimum atomic E-state index is -0.527. The van der Waals surface area contributed by atoms with Crippen LogP contribution in [0.2, 0.25) is 0 Å². The Hall–Kier alpha value is -2.80. The average molecular weight is 267 g/mol. The van der Waals surface area contributed by atoms with Gasteiger partial charge in [-0.05, 0) is 40.6 Å². The number of hydrogen-bond acceptors (Lipinski definition) is 4. The smallest absolute Gasteiger partial charge is 0.331 e. The molecule has 0 saturated heterocycles. The van der Waals surface area contributed by atoms with Gasteiger partial charge in [0.05, 0.1) is 7.11 Å². The fraction of sp³-hybridized carbons (Fsp3) is 0.125. The van der Waals surface area contributed by atoms with E-state index < -0.39 is 5.97 Å². The summed E-state index contributed by atoms with van der Waals surface area (Å²) < 4.78 is 9.79. The van der Waals surface area contributed by atoms with Crippen molar-refractivity contribution in [3.8, 4) is 11.8 Å². The molecule has 0 fully saturated rings. The van der Waals surface area contributed by atoms with E-state index in [9.17, 15) is 4.79 Å². The van der Waals surface area contributed by atoms with Gasteiger partial charge in [0.2, 0.25) is 0 Å². The maximum Gasteiger partial charge on any atom is 0.331 e. The lowest BCUT2D eigenvalue weighted by molar-refractivity contribution is -0.136. The molecule has 20 heavy (non-hydrogen) atoms.